The number of rotatable bonds is 6. The summed E-state index contributed by atoms with van der Waals surface area (Å²) in [6.07, 6.45) is 5.24. The summed E-state index contributed by atoms with van der Waals surface area (Å²) in [4.78, 5) is 27.8. The van der Waals surface area contributed by atoms with Crippen molar-refractivity contribution in [3.63, 3.8) is 0 Å². The average Bonchev–Trinajstić information content (AvgIpc) is 2.69. The van der Waals surface area contributed by atoms with Crippen LogP contribution in [0.5, 0.6) is 0 Å². The highest BCUT2D eigenvalue weighted by Gasteiger charge is 2.34. The number of carboxylic acid groups (broad SMARTS) is 1. The van der Waals surface area contributed by atoms with E-state index in [1.165, 1.54) is 12.8 Å². The topological polar surface area (TPSA) is 84.9 Å². The first-order valence-corrected chi connectivity index (χ1v) is 10.1. The van der Waals surface area contributed by atoms with Crippen LogP contribution in [0.1, 0.15) is 32.1 Å². The maximum Gasteiger partial charge on any atom is 0.344 e. The minimum absolute atomic E-state index is 0. The summed E-state index contributed by atoms with van der Waals surface area (Å²) in [5.74, 6) is 1.12. The van der Waals surface area contributed by atoms with Crippen LogP contribution in [0.4, 0.5) is 0 Å². The lowest BCUT2D eigenvalue weighted by molar-refractivity contribution is -0.133. The number of carbonyl (C=O) groups excluding carboxylic acids is 1. The number of nitrogens with one attached hydrogen (secondary N) is 2. The highest BCUT2D eigenvalue weighted by atomic mass is 35.5. The second kappa shape index (κ2) is 12.8. The molecule has 1 unspecified atom stereocenters. The van der Waals surface area contributed by atoms with Crippen LogP contribution in [0, 0.1) is 5.92 Å². The van der Waals surface area contributed by atoms with E-state index in [-0.39, 0.29) is 36.4 Å². The molecule has 3 heterocycles. The minimum Gasteiger partial charge on any atom is -0.477 e. The van der Waals surface area contributed by atoms with Gasteiger partial charge in [0.1, 0.15) is 11.5 Å². The lowest BCUT2D eigenvalue weighted by Gasteiger charge is -2.44. The molecule has 0 bridgehead atoms. The number of piperidine rings is 2. The second-order valence-electron chi connectivity index (χ2n) is 7.82. The third kappa shape index (κ3) is 6.70. The third-order valence-corrected chi connectivity index (χ3v) is 6.30. The van der Waals surface area contributed by atoms with Crippen LogP contribution in [0.25, 0.3) is 0 Å². The van der Waals surface area contributed by atoms with Crippen LogP contribution in [0.3, 0.4) is 0 Å². The van der Waals surface area contributed by atoms with Crippen LogP contribution in [-0.4, -0.2) is 91.3 Å². The van der Waals surface area contributed by atoms with Crippen molar-refractivity contribution in [2.45, 2.75) is 44.2 Å². The molecule has 0 saturated carbocycles. The Balaban J connectivity index is 0.00000196. The molecule has 3 N–H and O–H groups in total. The molecule has 0 aliphatic carbocycles. The fraction of sp³-hybridized carbons (Fsp3) is 0.842. The van der Waals surface area contributed by atoms with E-state index >= 15 is 0 Å². The maximum absolute atomic E-state index is 11.6. The predicted molar refractivity (Wildman–Crippen MR) is 114 cm³/mol. The van der Waals surface area contributed by atoms with Gasteiger partial charge < -0.3 is 15.7 Å². The van der Waals surface area contributed by atoms with E-state index in [1.54, 1.807) is 5.94 Å². The van der Waals surface area contributed by atoms with Crippen molar-refractivity contribution in [1.82, 2.24) is 20.4 Å². The summed E-state index contributed by atoms with van der Waals surface area (Å²) in [5, 5.41) is 16.3. The molecule has 28 heavy (non-hydrogen) atoms. The first-order valence-electron chi connectivity index (χ1n) is 10.1. The van der Waals surface area contributed by atoms with Gasteiger partial charge in [0.05, 0.1) is 6.04 Å². The third-order valence-electron chi connectivity index (χ3n) is 6.30. The van der Waals surface area contributed by atoms with Gasteiger partial charge in [-0.3, -0.25) is 9.80 Å². The van der Waals surface area contributed by atoms with Crippen molar-refractivity contribution in [2.24, 2.45) is 5.92 Å². The molecule has 0 radical (unpaired) electrons. The molecular formula is C19H34Cl2N4O3. The van der Waals surface area contributed by atoms with Crippen molar-refractivity contribution < 1.29 is 14.7 Å². The normalized spacial score (nSPS) is 23.7. The van der Waals surface area contributed by atoms with E-state index in [9.17, 15) is 14.7 Å². The zero-order valence-electron chi connectivity index (χ0n) is 16.4. The van der Waals surface area contributed by atoms with Gasteiger partial charge in [0.2, 0.25) is 0 Å². The molecule has 3 saturated heterocycles. The molecule has 3 aliphatic heterocycles. The van der Waals surface area contributed by atoms with Gasteiger partial charge >= 0.3 is 5.97 Å². The number of nitrogens with zero attached hydrogens (tertiary/aromatic N) is 2. The fourth-order valence-electron chi connectivity index (χ4n) is 4.72. The average molecular weight is 437 g/mol. The van der Waals surface area contributed by atoms with Crippen molar-refractivity contribution in [1.29, 1.82) is 0 Å². The first-order chi connectivity index (χ1) is 12.7. The van der Waals surface area contributed by atoms with Gasteiger partial charge in [0.25, 0.3) is 0 Å². The Kier molecular flexibility index (Phi) is 11.6. The number of hydrogen-bond donors (Lipinski definition) is 3. The Bertz CT molecular complexity index is 525. The van der Waals surface area contributed by atoms with Crippen molar-refractivity contribution in [2.75, 3.05) is 52.4 Å². The van der Waals surface area contributed by atoms with Crippen LogP contribution in [-0.2, 0) is 9.59 Å². The number of piperazine rings is 1. The van der Waals surface area contributed by atoms with E-state index < -0.39 is 5.97 Å². The smallest absolute Gasteiger partial charge is 0.344 e. The second-order valence-corrected chi connectivity index (χ2v) is 7.82. The van der Waals surface area contributed by atoms with Gasteiger partial charge in [-0.15, -0.1) is 24.8 Å². The molecule has 0 aromatic carbocycles. The van der Waals surface area contributed by atoms with Crippen molar-refractivity contribution >= 4 is 36.7 Å². The largest absolute Gasteiger partial charge is 0.477 e. The van der Waals surface area contributed by atoms with E-state index in [2.05, 4.69) is 20.4 Å². The maximum atomic E-state index is 11.6. The highest BCUT2D eigenvalue weighted by molar-refractivity contribution is 5.96. The van der Waals surface area contributed by atoms with Crippen LogP contribution in [0.2, 0.25) is 0 Å². The summed E-state index contributed by atoms with van der Waals surface area (Å²) < 4.78 is 0. The van der Waals surface area contributed by atoms with Gasteiger partial charge in [0.15, 0.2) is 0 Å². The standard InChI is InChI=1S/C19H32N4O3.2ClH/c24-14-17(19(25)26)18(13-15-1-5-20-6-2-15)23-11-9-22(10-12-23)16-3-7-21-8-4-16;;/h15-16,18,20-21H,1-13H2,(H,25,26);2*1H. The monoisotopic (exact) mass is 436 g/mol. The summed E-state index contributed by atoms with van der Waals surface area (Å²) in [7, 11) is 0. The van der Waals surface area contributed by atoms with Crippen molar-refractivity contribution in [3.8, 4) is 0 Å². The summed E-state index contributed by atoms with van der Waals surface area (Å²) >= 11 is 0. The Morgan fingerprint density at radius 1 is 0.964 bits per heavy atom. The number of carbonyl (C=O) groups is 1. The number of hydrogen-bond acceptors (Lipinski definition) is 6. The zero-order valence-corrected chi connectivity index (χ0v) is 18.0. The number of aliphatic carboxylic acids is 1. The van der Waals surface area contributed by atoms with Gasteiger partial charge in [-0.1, -0.05) is 0 Å². The van der Waals surface area contributed by atoms with Gasteiger partial charge in [0, 0.05) is 32.2 Å². The Labute approximate surface area is 180 Å². The minimum atomic E-state index is -1.11. The van der Waals surface area contributed by atoms with Gasteiger partial charge in [-0.2, -0.15) is 0 Å². The first kappa shape index (κ1) is 25.4. The van der Waals surface area contributed by atoms with Gasteiger partial charge in [-0.25, -0.2) is 9.59 Å². The molecule has 3 rings (SSSR count). The zero-order chi connectivity index (χ0) is 18.4. The molecular weight excluding hydrogens is 403 g/mol. The van der Waals surface area contributed by atoms with E-state index in [1.807, 2.05) is 0 Å². The van der Waals surface area contributed by atoms with Gasteiger partial charge in [-0.05, 0) is 64.2 Å². The molecule has 3 fully saturated rings. The molecule has 7 nitrogen and oxygen atoms in total. The molecule has 1 atom stereocenters. The molecule has 0 aromatic rings. The number of halogens is 2. The lowest BCUT2D eigenvalue weighted by Crippen LogP contribution is -2.56. The van der Waals surface area contributed by atoms with Crippen LogP contribution in [0.15, 0.2) is 5.57 Å². The van der Waals surface area contributed by atoms with Crippen molar-refractivity contribution in [3.05, 3.63) is 5.57 Å². The Hall–Kier alpha value is -0.660. The summed E-state index contributed by atoms with van der Waals surface area (Å²) in [6.45, 7) is 7.71. The van der Waals surface area contributed by atoms with Crippen LogP contribution >= 0.6 is 24.8 Å². The molecule has 162 valence electrons. The molecule has 0 amide bonds. The molecule has 0 spiro atoms. The van der Waals surface area contributed by atoms with E-state index in [0.717, 1.165) is 71.6 Å². The summed E-state index contributed by atoms with van der Waals surface area (Å²) in [5.41, 5.74) is -0.0844. The molecule has 3 aliphatic rings. The Morgan fingerprint density at radius 2 is 1.50 bits per heavy atom. The lowest BCUT2D eigenvalue weighted by atomic mass is 9.87. The highest BCUT2D eigenvalue weighted by Crippen LogP contribution is 2.26. The fourth-order valence-corrected chi connectivity index (χ4v) is 4.72. The predicted octanol–water partition coefficient (Wildman–Crippen LogP) is 0.801. The summed E-state index contributed by atoms with van der Waals surface area (Å²) in [6, 6.07) is 0.338. The quantitative estimate of drug-likeness (QED) is 0.419. The van der Waals surface area contributed by atoms with E-state index in [0.29, 0.717) is 12.0 Å². The Morgan fingerprint density at radius 3 is 2.00 bits per heavy atom. The molecule has 9 heteroatoms. The van der Waals surface area contributed by atoms with E-state index in [4.69, 9.17) is 0 Å². The SMILES string of the molecule is Cl.Cl.O=C=C(C(=O)O)C(CC1CCNCC1)N1CCN(C2CCNCC2)CC1. The van der Waals surface area contributed by atoms with Crippen LogP contribution < -0.4 is 10.6 Å². The number of carboxylic acids is 1. The molecule has 0 aromatic heterocycles.